The van der Waals surface area contributed by atoms with Crippen LogP contribution in [0.5, 0.6) is 5.75 Å². The molecule has 0 spiro atoms. The number of nitrogens with zero attached hydrogens (tertiary/aromatic N) is 3. The number of hydrogen-bond acceptors (Lipinski definition) is 6. The summed E-state index contributed by atoms with van der Waals surface area (Å²) in [6, 6.07) is 19.6. The van der Waals surface area contributed by atoms with Gasteiger partial charge in [-0.3, -0.25) is 4.79 Å². The number of anilines is 1. The summed E-state index contributed by atoms with van der Waals surface area (Å²) in [7, 11) is 0. The number of hydrogen-bond donors (Lipinski definition) is 2. The maximum Gasteiger partial charge on any atom is 0.225 e. The Morgan fingerprint density at radius 3 is 2.87 bits per heavy atom. The number of ether oxygens (including phenoxy) is 1. The van der Waals surface area contributed by atoms with E-state index in [0.717, 1.165) is 35.5 Å². The Labute approximate surface area is 182 Å². The third-order valence-electron chi connectivity index (χ3n) is 5.20. The average Bonchev–Trinajstić information content (AvgIpc) is 3.27. The monoisotopic (exact) mass is 417 g/mol. The van der Waals surface area contributed by atoms with Gasteiger partial charge in [-0.2, -0.15) is 0 Å². The molecule has 2 aromatic carbocycles. The Bertz CT molecular complexity index is 1010. The zero-order chi connectivity index (χ0) is 21.5. The van der Waals surface area contributed by atoms with Crippen molar-refractivity contribution in [3.63, 3.8) is 0 Å². The third kappa shape index (κ3) is 5.58. The summed E-state index contributed by atoms with van der Waals surface area (Å²) in [5.74, 6) is 1.43. The Morgan fingerprint density at radius 1 is 1.16 bits per heavy atom. The number of benzene rings is 2. The van der Waals surface area contributed by atoms with Crippen molar-refractivity contribution in [2.75, 3.05) is 31.1 Å². The van der Waals surface area contributed by atoms with Crippen LogP contribution in [-0.2, 0) is 11.2 Å². The Hall–Kier alpha value is -3.45. The van der Waals surface area contributed by atoms with Crippen molar-refractivity contribution >= 4 is 11.9 Å². The zero-order valence-electron chi connectivity index (χ0n) is 17.4. The number of aromatic nitrogens is 2. The molecule has 1 unspecified atom stereocenters. The van der Waals surface area contributed by atoms with E-state index in [9.17, 15) is 4.79 Å². The Balaban J connectivity index is 1.33. The van der Waals surface area contributed by atoms with Gasteiger partial charge in [0.2, 0.25) is 11.9 Å². The van der Waals surface area contributed by atoms with Gasteiger partial charge in [0.25, 0.3) is 0 Å². The van der Waals surface area contributed by atoms with E-state index in [1.807, 2.05) is 60.7 Å². The highest BCUT2D eigenvalue weighted by molar-refractivity contribution is 5.79. The lowest BCUT2D eigenvalue weighted by Gasteiger charge is -2.17. The first-order valence-corrected chi connectivity index (χ1v) is 10.6. The molecule has 0 radical (unpaired) electrons. The largest absolute Gasteiger partial charge is 0.492 e. The minimum absolute atomic E-state index is 0.00165. The third-order valence-corrected chi connectivity index (χ3v) is 5.20. The number of carbonyl (C=O) groups excluding carboxylic acids is 1. The second-order valence-electron chi connectivity index (χ2n) is 7.57. The van der Waals surface area contributed by atoms with Gasteiger partial charge in [0.15, 0.2) is 0 Å². The fourth-order valence-electron chi connectivity index (χ4n) is 3.72. The first-order valence-electron chi connectivity index (χ1n) is 10.6. The van der Waals surface area contributed by atoms with Gasteiger partial charge in [-0.25, -0.2) is 9.97 Å². The van der Waals surface area contributed by atoms with Crippen molar-refractivity contribution in [1.82, 2.24) is 15.3 Å². The first-order chi connectivity index (χ1) is 15.2. The fraction of sp³-hybridized carbons (Fsp3) is 0.292. The molecule has 1 aromatic heterocycles. The van der Waals surface area contributed by atoms with E-state index >= 15 is 0 Å². The molecule has 1 atom stereocenters. The molecule has 1 amide bonds. The van der Waals surface area contributed by atoms with E-state index in [2.05, 4.69) is 15.2 Å². The molecule has 0 saturated carbocycles. The summed E-state index contributed by atoms with van der Waals surface area (Å²) >= 11 is 0. The van der Waals surface area contributed by atoms with Crippen molar-refractivity contribution < 1.29 is 9.53 Å². The summed E-state index contributed by atoms with van der Waals surface area (Å²) in [6.45, 7) is 2.43. The number of nitrogens with two attached hydrogens (primary N) is 1. The molecule has 1 aliphatic heterocycles. The highest BCUT2D eigenvalue weighted by Gasteiger charge is 2.25. The summed E-state index contributed by atoms with van der Waals surface area (Å²) in [5.41, 5.74) is 8.35. The van der Waals surface area contributed by atoms with Crippen LogP contribution in [-0.4, -0.2) is 48.2 Å². The van der Waals surface area contributed by atoms with E-state index in [0.29, 0.717) is 32.1 Å². The lowest BCUT2D eigenvalue weighted by atomic mass is 10.1. The van der Waals surface area contributed by atoms with E-state index in [-0.39, 0.29) is 11.9 Å². The van der Waals surface area contributed by atoms with Crippen LogP contribution in [0.1, 0.15) is 12.0 Å². The molecule has 0 aliphatic carbocycles. The molecule has 1 aliphatic rings. The summed E-state index contributed by atoms with van der Waals surface area (Å²) in [5, 5.41) is 3.14. The van der Waals surface area contributed by atoms with Crippen molar-refractivity contribution in [2.24, 2.45) is 5.73 Å². The number of carbonyl (C=O) groups is 1. The van der Waals surface area contributed by atoms with Gasteiger partial charge in [0, 0.05) is 37.4 Å². The van der Waals surface area contributed by atoms with Gasteiger partial charge in [-0.15, -0.1) is 0 Å². The highest BCUT2D eigenvalue weighted by Crippen LogP contribution is 2.21. The minimum Gasteiger partial charge on any atom is -0.492 e. The van der Waals surface area contributed by atoms with Crippen molar-refractivity contribution in [3.05, 3.63) is 72.4 Å². The van der Waals surface area contributed by atoms with Crippen LogP contribution in [0.2, 0.25) is 0 Å². The van der Waals surface area contributed by atoms with E-state index in [1.165, 1.54) is 0 Å². The summed E-state index contributed by atoms with van der Waals surface area (Å²) in [4.78, 5) is 23.8. The number of amides is 1. The number of rotatable bonds is 8. The van der Waals surface area contributed by atoms with Gasteiger partial charge in [-0.05, 0) is 30.2 Å². The quantitative estimate of drug-likeness (QED) is 0.585. The van der Waals surface area contributed by atoms with Crippen LogP contribution in [0.15, 0.2) is 66.9 Å². The predicted octanol–water partition coefficient (Wildman–Crippen LogP) is 2.42. The maximum atomic E-state index is 12.6. The molecule has 160 valence electrons. The second-order valence-corrected chi connectivity index (χ2v) is 7.57. The van der Waals surface area contributed by atoms with Gasteiger partial charge < -0.3 is 20.7 Å². The van der Waals surface area contributed by atoms with Crippen molar-refractivity contribution in [2.45, 2.75) is 18.9 Å². The van der Waals surface area contributed by atoms with Crippen LogP contribution in [0.4, 0.5) is 5.95 Å². The number of nitrogens with one attached hydrogen (secondary N) is 1. The van der Waals surface area contributed by atoms with Gasteiger partial charge in [0.1, 0.15) is 12.4 Å². The normalized spacial score (nSPS) is 15.6. The van der Waals surface area contributed by atoms with Gasteiger partial charge >= 0.3 is 0 Å². The predicted molar refractivity (Wildman–Crippen MR) is 121 cm³/mol. The molecule has 3 N–H and O–H groups in total. The van der Waals surface area contributed by atoms with Crippen LogP contribution in [0.3, 0.4) is 0 Å². The van der Waals surface area contributed by atoms with Crippen molar-refractivity contribution in [3.8, 4) is 17.0 Å². The second kappa shape index (κ2) is 10.0. The van der Waals surface area contributed by atoms with Gasteiger partial charge in [0.05, 0.1) is 12.1 Å². The molecule has 31 heavy (non-hydrogen) atoms. The zero-order valence-corrected chi connectivity index (χ0v) is 17.4. The molecule has 7 heteroatoms. The summed E-state index contributed by atoms with van der Waals surface area (Å²) in [6.07, 6.45) is 2.97. The van der Waals surface area contributed by atoms with Crippen molar-refractivity contribution in [1.29, 1.82) is 0 Å². The Morgan fingerprint density at radius 2 is 2.03 bits per heavy atom. The molecule has 1 saturated heterocycles. The van der Waals surface area contributed by atoms with Crippen LogP contribution in [0, 0.1) is 0 Å². The lowest BCUT2D eigenvalue weighted by molar-refractivity contribution is -0.121. The molecule has 2 heterocycles. The maximum absolute atomic E-state index is 12.6. The fourth-order valence-corrected chi connectivity index (χ4v) is 3.72. The SMILES string of the molecule is NCCOc1cccc(CC(=O)NC2CCN(c3nccc(-c4ccccc4)n3)C2)c1. The van der Waals surface area contributed by atoms with Gasteiger partial charge in [-0.1, -0.05) is 42.5 Å². The Kier molecular flexibility index (Phi) is 6.74. The van der Waals surface area contributed by atoms with Crippen LogP contribution < -0.4 is 20.7 Å². The molecule has 7 nitrogen and oxygen atoms in total. The molecular formula is C24H27N5O2. The highest BCUT2D eigenvalue weighted by atomic mass is 16.5. The van der Waals surface area contributed by atoms with E-state index < -0.39 is 0 Å². The lowest BCUT2D eigenvalue weighted by Crippen LogP contribution is -2.38. The van der Waals surface area contributed by atoms with E-state index in [4.69, 9.17) is 15.5 Å². The first kappa shape index (κ1) is 20.8. The molecule has 0 bridgehead atoms. The molecular weight excluding hydrogens is 390 g/mol. The average molecular weight is 418 g/mol. The van der Waals surface area contributed by atoms with Crippen LogP contribution >= 0.6 is 0 Å². The minimum atomic E-state index is 0.00165. The molecule has 3 aromatic rings. The summed E-state index contributed by atoms with van der Waals surface area (Å²) < 4.78 is 5.54. The topological polar surface area (TPSA) is 93.4 Å². The smallest absolute Gasteiger partial charge is 0.225 e. The molecule has 1 fully saturated rings. The molecule has 4 rings (SSSR count). The standard InChI is InChI=1S/C24H27N5O2/c25-11-14-31-21-8-4-5-18(15-21)16-23(30)27-20-10-13-29(17-20)24-26-12-9-22(28-24)19-6-2-1-3-7-19/h1-9,12,15,20H,10-11,13-14,16-17,25H2,(H,27,30). The van der Waals surface area contributed by atoms with E-state index in [1.54, 1.807) is 6.20 Å². The van der Waals surface area contributed by atoms with Crippen LogP contribution in [0.25, 0.3) is 11.3 Å².